The van der Waals surface area contributed by atoms with Crippen LogP contribution in [0, 0.1) is 13.8 Å². The minimum absolute atomic E-state index is 0.141. The summed E-state index contributed by atoms with van der Waals surface area (Å²) in [5, 5.41) is 0. The molecule has 0 unspecified atom stereocenters. The van der Waals surface area contributed by atoms with E-state index in [1.54, 1.807) is 0 Å². The Morgan fingerprint density at radius 3 is 2.41 bits per heavy atom. The van der Waals surface area contributed by atoms with Gasteiger partial charge in [0.1, 0.15) is 0 Å². The number of aryl methyl sites for hydroxylation is 2. The largest absolute Gasteiger partial charge is 0.0614 e. The Balaban J connectivity index is 2.42. The molecule has 0 bridgehead atoms. The molecule has 86 valence electrons. The zero-order chi connectivity index (χ0) is 12.2. The first-order chi connectivity index (χ1) is 8.01. The minimum atomic E-state index is 0.141. The number of hydrogen-bond donors (Lipinski definition) is 0. The number of rotatable bonds is 0. The van der Waals surface area contributed by atoms with E-state index >= 15 is 0 Å². The second-order valence-electron chi connectivity index (χ2n) is 5.67. The zero-order valence-corrected chi connectivity index (χ0v) is 11.0. The van der Waals surface area contributed by atoms with E-state index in [4.69, 9.17) is 0 Å². The van der Waals surface area contributed by atoms with Gasteiger partial charge in [-0.2, -0.15) is 0 Å². The molecule has 0 saturated heterocycles. The lowest BCUT2D eigenvalue weighted by molar-refractivity contribution is 0.655. The molecule has 0 N–H and O–H groups in total. The number of fused-ring (bicyclic) bond motifs is 3. The fourth-order valence-electron chi connectivity index (χ4n) is 3.27. The van der Waals surface area contributed by atoms with Crippen molar-refractivity contribution in [2.24, 2.45) is 0 Å². The smallest absolute Gasteiger partial charge is 0.0161 e. The van der Waals surface area contributed by atoms with Crippen LogP contribution in [0.4, 0.5) is 0 Å². The highest BCUT2D eigenvalue weighted by Gasteiger charge is 2.36. The van der Waals surface area contributed by atoms with Gasteiger partial charge in [0.05, 0.1) is 0 Å². The van der Waals surface area contributed by atoms with Crippen molar-refractivity contribution in [2.45, 2.75) is 33.1 Å². The van der Waals surface area contributed by atoms with Crippen LogP contribution in [0.25, 0.3) is 11.1 Å². The fraction of sp³-hybridized carbons (Fsp3) is 0.294. The molecule has 0 fully saturated rings. The van der Waals surface area contributed by atoms with E-state index < -0.39 is 0 Å². The first-order valence-electron chi connectivity index (χ1n) is 6.23. The van der Waals surface area contributed by atoms with E-state index in [2.05, 4.69) is 64.1 Å². The van der Waals surface area contributed by atoms with Gasteiger partial charge in [-0.3, -0.25) is 0 Å². The van der Waals surface area contributed by atoms with Crippen LogP contribution in [0.5, 0.6) is 0 Å². The maximum atomic E-state index is 2.34. The van der Waals surface area contributed by atoms with Crippen molar-refractivity contribution < 1.29 is 0 Å². The Labute approximate surface area is 103 Å². The van der Waals surface area contributed by atoms with Gasteiger partial charge >= 0.3 is 0 Å². The van der Waals surface area contributed by atoms with Crippen molar-refractivity contribution in [2.75, 3.05) is 0 Å². The van der Waals surface area contributed by atoms with Crippen molar-refractivity contribution in [3.63, 3.8) is 0 Å². The monoisotopic (exact) mass is 222 g/mol. The Hall–Kier alpha value is -1.56. The highest BCUT2D eigenvalue weighted by Crippen LogP contribution is 2.49. The van der Waals surface area contributed by atoms with E-state index in [0.717, 1.165) is 0 Å². The molecule has 0 heterocycles. The van der Waals surface area contributed by atoms with Crippen LogP contribution in [0.2, 0.25) is 0 Å². The van der Waals surface area contributed by atoms with Gasteiger partial charge in [-0.25, -0.2) is 0 Å². The SMILES string of the molecule is Cc1ccc2c(c1)C(C)(C)c1c(C)cccc1-2. The molecule has 0 nitrogen and oxygen atoms in total. The third-order valence-corrected chi connectivity index (χ3v) is 4.04. The van der Waals surface area contributed by atoms with E-state index in [0.29, 0.717) is 0 Å². The van der Waals surface area contributed by atoms with Crippen LogP contribution in [0.15, 0.2) is 36.4 Å². The summed E-state index contributed by atoms with van der Waals surface area (Å²) in [6.07, 6.45) is 0. The van der Waals surface area contributed by atoms with Crippen molar-refractivity contribution >= 4 is 0 Å². The Kier molecular flexibility index (Phi) is 2.01. The molecule has 0 aromatic heterocycles. The lowest BCUT2D eigenvalue weighted by Gasteiger charge is -2.23. The standard InChI is InChI=1S/C17H18/c1-11-8-9-13-14-7-5-6-12(2)16(14)17(3,4)15(13)10-11/h5-10H,1-4H3. The normalized spacial score (nSPS) is 15.5. The van der Waals surface area contributed by atoms with Gasteiger partial charge in [0.2, 0.25) is 0 Å². The quantitative estimate of drug-likeness (QED) is 0.610. The van der Waals surface area contributed by atoms with E-state index in [9.17, 15) is 0 Å². The van der Waals surface area contributed by atoms with Crippen molar-refractivity contribution in [3.8, 4) is 11.1 Å². The highest BCUT2D eigenvalue weighted by molar-refractivity contribution is 5.82. The second-order valence-corrected chi connectivity index (χ2v) is 5.67. The third kappa shape index (κ3) is 1.30. The summed E-state index contributed by atoms with van der Waals surface area (Å²) in [4.78, 5) is 0. The second kappa shape index (κ2) is 3.22. The lowest BCUT2D eigenvalue weighted by Crippen LogP contribution is -2.16. The van der Waals surface area contributed by atoms with Crippen LogP contribution < -0.4 is 0 Å². The van der Waals surface area contributed by atoms with Gasteiger partial charge in [-0.1, -0.05) is 55.8 Å². The van der Waals surface area contributed by atoms with Crippen LogP contribution >= 0.6 is 0 Å². The minimum Gasteiger partial charge on any atom is -0.0614 e. The van der Waals surface area contributed by atoms with Crippen LogP contribution in [0.3, 0.4) is 0 Å². The maximum absolute atomic E-state index is 2.34. The molecule has 0 saturated carbocycles. The van der Waals surface area contributed by atoms with Gasteiger partial charge in [-0.15, -0.1) is 0 Å². The Bertz CT molecular complexity index is 603. The van der Waals surface area contributed by atoms with Gasteiger partial charge < -0.3 is 0 Å². The summed E-state index contributed by atoms with van der Waals surface area (Å²) in [6, 6.07) is 13.5. The van der Waals surface area contributed by atoms with E-state index in [-0.39, 0.29) is 5.41 Å². The van der Waals surface area contributed by atoms with Crippen molar-refractivity contribution in [1.82, 2.24) is 0 Å². The van der Waals surface area contributed by atoms with Gasteiger partial charge in [0.15, 0.2) is 0 Å². The first-order valence-corrected chi connectivity index (χ1v) is 6.23. The average molecular weight is 222 g/mol. The molecule has 1 aliphatic carbocycles. The van der Waals surface area contributed by atoms with Crippen LogP contribution in [-0.2, 0) is 5.41 Å². The number of benzene rings is 2. The molecule has 0 atom stereocenters. The highest BCUT2D eigenvalue weighted by atomic mass is 14.4. The molecule has 0 amide bonds. The predicted molar refractivity (Wildman–Crippen MR) is 73.5 cm³/mol. The summed E-state index contributed by atoms with van der Waals surface area (Å²) in [5.74, 6) is 0. The summed E-state index contributed by atoms with van der Waals surface area (Å²) in [5.41, 5.74) is 8.71. The summed E-state index contributed by atoms with van der Waals surface area (Å²) < 4.78 is 0. The Morgan fingerprint density at radius 1 is 0.882 bits per heavy atom. The lowest BCUT2D eigenvalue weighted by atomic mass is 9.80. The van der Waals surface area contributed by atoms with E-state index in [1.165, 1.54) is 33.4 Å². The molecule has 2 aromatic rings. The zero-order valence-electron chi connectivity index (χ0n) is 11.0. The summed E-state index contributed by atoms with van der Waals surface area (Å²) in [7, 11) is 0. The van der Waals surface area contributed by atoms with Crippen molar-refractivity contribution in [1.29, 1.82) is 0 Å². The molecule has 0 aliphatic heterocycles. The molecule has 0 radical (unpaired) electrons. The van der Waals surface area contributed by atoms with Crippen LogP contribution in [0.1, 0.15) is 36.1 Å². The fourth-order valence-corrected chi connectivity index (χ4v) is 3.27. The van der Waals surface area contributed by atoms with Gasteiger partial charge in [0.25, 0.3) is 0 Å². The molecule has 17 heavy (non-hydrogen) atoms. The molecular weight excluding hydrogens is 204 g/mol. The molecule has 1 aliphatic rings. The molecule has 0 spiro atoms. The maximum Gasteiger partial charge on any atom is 0.0161 e. The molecule has 2 aromatic carbocycles. The molecule has 0 heteroatoms. The van der Waals surface area contributed by atoms with Gasteiger partial charge in [0, 0.05) is 5.41 Å². The molecular formula is C17H18. The van der Waals surface area contributed by atoms with Crippen LogP contribution in [-0.4, -0.2) is 0 Å². The number of hydrogen-bond acceptors (Lipinski definition) is 0. The topological polar surface area (TPSA) is 0 Å². The van der Waals surface area contributed by atoms with E-state index in [1.807, 2.05) is 0 Å². The summed E-state index contributed by atoms with van der Waals surface area (Å²) in [6.45, 7) is 9.07. The predicted octanol–water partition coefficient (Wildman–Crippen LogP) is 4.61. The first kappa shape index (κ1) is 10.6. The molecule has 3 rings (SSSR count). The average Bonchev–Trinajstić information content (AvgIpc) is 2.49. The van der Waals surface area contributed by atoms with Gasteiger partial charge in [-0.05, 0) is 41.7 Å². The third-order valence-electron chi connectivity index (χ3n) is 4.04. The summed E-state index contributed by atoms with van der Waals surface area (Å²) >= 11 is 0. The Morgan fingerprint density at radius 2 is 1.65 bits per heavy atom. The van der Waals surface area contributed by atoms with Crippen molar-refractivity contribution in [3.05, 3.63) is 58.7 Å².